The van der Waals surface area contributed by atoms with E-state index in [0.29, 0.717) is 11.6 Å². The summed E-state index contributed by atoms with van der Waals surface area (Å²) in [6, 6.07) is 16.5. The van der Waals surface area contributed by atoms with Crippen LogP contribution in [0.1, 0.15) is 22.0 Å². The van der Waals surface area contributed by atoms with Gasteiger partial charge in [-0.25, -0.2) is 0 Å². The lowest BCUT2D eigenvalue weighted by Crippen LogP contribution is -2.21. The number of hydrogen-bond donors (Lipinski definition) is 1. The molecule has 108 valence electrons. The summed E-state index contributed by atoms with van der Waals surface area (Å²) >= 11 is 1.88. The van der Waals surface area contributed by atoms with Crippen molar-refractivity contribution >= 4 is 23.4 Å². The number of rotatable bonds is 3. The molecule has 3 rings (SSSR count). The lowest BCUT2D eigenvalue weighted by Gasteiger charge is -2.15. The molecule has 1 heterocycles. The van der Waals surface area contributed by atoms with Crippen molar-refractivity contribution in [2.75, 3.05) is 25.2 Å². The highest BCUT2D eigenvalue weighted by Crippen LogP contribution is 2.39. The van der Waals surface area contributed by atoms with E-state index in [1.54, 1.807) is 19.0 Å². The SMILES string of the molecule is CN(C)C(=O)c1ccc(NC2CSc3ccccc32)cc1. The molecule has 0 aromatic heterocycles. The van der Waals surface area contributed by atoms with Crippen molar-refractivity contribution < 1.29 is 4.79 Å². The molecule has 0 saturated heterocycles. The van der Waals surface area contributed by atoms with Gasteiger partial charge in [0.1, 0.15) is 0 Å². The highest BCUT2D eigenvalue weighted by Gasteiger charge is 2.22. The van der Waals surface area contributed by atoms with Crippen LogP contribution < -0.4 is 5.32 Å². The summed E-state index contributed by atoms with van der Waals surface area (Å²) in [6.07, 6.45) is 0. The van der Waals surface area contributed by atoms with E-state index in [1.165, 1.54) is 10.5 Å². The summed E-state index contributed by atoms with van der Waals surface area (Å²) < 4.78 is 0. The Kier molecular flexibility index (Phi) is 3.88. The van der Waals surface area contributed by atoms with Crippen LogP contribution in [0.25, 0.3) is 0 Å². The highest BCUT2D eigenvalue weighted by molar-refractivity contribution is 7.99. The molecule has 1 aliphatic rings. The van der Waals surface area contributed by atoms with Gasteiger partial charge in [0.05, 0.1) is 6.04 Å². The van der Waals surface area contributed by atoms with Gasteiger partial charge in [-0.1, -0.05) is 18.2 Å². The highest BCUT2D eigenvalue weighted by atomic mass is 32.2. The van der Waals surface area contributed by atoms with Crippen molar-refractivity contribution in [2.24, 2.45) is 0 Å². The summed E-state index contributed by atoms with van der Waals surface area (Å²) in [5.74, 6) is 1.07. The van der Waals surface area contributed by atoms with Gasteiger partial charge in [-0.2, -0.15) is 0 Å². The van der Waals surface area contributed by atoms with Crippen LogP contribution in [0.3, 0.4) is 0 Å². The van der Waals surface area contributed by atoms with Crippen molar-refractivity contribution in [1.82, 2.24) is 4.90 Å². The van der Waals surface area contributed by atoms with Gasteiger partial charge >= 0.3 is 0 Å². The molecule has 3 nitrogen and oxygen atoms in total. The molecule has 1 aliphatic heterocycles. The Labute approximate surface area is 129 Å². The van der Waals surface area contributed by atoms with Gasteiger partial charge in [-0.15, -0.1) is 11.8 Å². The number of thioether (sulfide) groups is 1. The van der Waals surface area contributed by atoms with Crippen molar-refractivity contribution in [1.29, 1.82) is 0 Å². The minimum absolute atomic E-state index is 0.0308. The maximum absolute atomic E-state index is 11.9. The lowest BCUT2D eigenvalue weighted by molar-refractivity contribution is 0.0827. The zero-order valence-corrected chi connectivity index (χ0v) is 13.0. The van der Waals surface area contributed by atoms with Crippen LogP contribution in [0.4, 0.5) is 5.69 Å². The molecule has 21 heavy (non-hydrogen) atoms. The predicted molar refractivity (Wildman–Crippen MR) is 88.0 cm³/mol. The fourth-order valence-electron chi connectivity index (χ4n) is 2.45. The van der Waals surface area contributed by atoms with Crippen molar-refractivity contribution in [3.8, 4) is 0 Å². The third-order valence-corrected chi connectivity index (χ3v) is 4.76. The molecule has 1 N–H and O–H groups in total. The summed E-state index contributed by atoms with van der Waals surface area (Å²) in [6.45, 7) is 0. The van der Waals surface area contributed by atoms with Crippen molar-refractivity contribution in [2.45, 2.75) is 10.9 Å². The molecule has 1 atom stereocenters. The van der Waals surface area contributed by atoms with E-state index in [0.717, 1.165) is 11.4 Å². The van der Waals surface area contributed by atoms with E-state index >= 15 is 0 Å². The third-order valence-electron chi connectivity index (χ3n) is 3.58. The molecule has 0 radical (unpaired) electrons. The molecule has 4 heteroatoms. The Morgan fingerprint density at radius 2 is 1.86 bits per heavy atom. The maximum Gasteiger partial charge on any atom is 0.253 e. The van der Waals surface area contributed by atoms with Crippen LogP contribution in [0.15, 0.2) is 53.4 Å². The Balaban J connectivity index is 1.74. The molecule has 0 saturated carbocycles. The first-order valence-corrected chi connectivity index (χ1v) is 7.93. The van der Waals surface area contributed by atoms with Crippen LogP contribution in [-0.2, 0) is 0 Å². The Morgan fingerprint density at radius 3 is 2.57 bits per heavy atom. The number of amides is 1. The fraction of sp³-hybridized carbons (Fsp3) is 0.235. The van der Waals surface area contributed by atoms with Gasteiger partial charge in [0, 0.05) is 36.0 Å². The number of hydrogen-bond acceptors (Lipinski definition) is 3. The number of nitrogens with one attached hydrogen (secondary N) is 1. The molecule has 2 aromatic carbocycles. The van der Waals surface area contributed by atoms with Crippen LogP contribution in [-0.4, -0.2) is 30.7 Å². The van der Waals surface area contributed by atoms with E-state index < -0.39 is 0 Å². The molecule has 0 aliphatic carbocycles. The molecule has 0 spiro atoms. The minimum atomic E-state index is 0.0308. The molecule has 0 fully saturated rings. The largest absolute Gasteiger partial charge is 0.377 e. The first-order chi connectivity index (χ1) is 10.1. The topological polar surface area (TPSA) is 32.3 Å². The number of benzene rings is 2. The van der Waals surface area contributed by atoms with Gasteiger partial charge in [-0.05, 0) is 35.9 Å². The van der Waals surface area contributed by atoms with Gasteiger partial charge in [0.25, 0.3) is 5.91 Å². The standard InChI is InChI=1S/C17H18N2OS/c1-19(2)17(20)12-7-9-13(10-8-12)18-15-11-21-16-6-4-3-5-14(15)16/h3-10,15,18H,11H2,1-2H3. The van der Waals surface area contributed by atoms with Crippen LogP contribution in [0.2, 0.25) is 0 Å². The number of anilines is 1. The second kappa shape index (κ2) is 5.82. The molecular formula is C17H18N2OS. The Morgan fingerprint density at radius 1 is 1.14 bits per heavy atom. The predicted octanol–water partition coefficient (Wildman–Crippen LogP) is 3.65. The summed E-state index contributed by atoms with van der Waals surface area (Å²) in [5.41, 5.74) is 3.12. The Hall–Kier alpha value is -1.94. The van der Waals surface area contributed by atoms with E-state index in [-0.39, 0.29) is 5.91 Å². The first-order valence-electron chi connectivity index (χ1n) is 6.95. The van der Waals surface area contributed by atoms with Crippen molar-refractivity contribution in [3.05, 3.63) is 59.7 Å². The minimum Gasteiger partial charge on any atom is -0.377 e. The quantitative estimate of drug-likeness (QED) is 0.939. The van der Waals surface area contributed by atoms with Gasteiger partial charge < -0.3 is 10.2 Å². The van der Waals surface area contributed by atoms with Crippen molar-refractivity contribution in [3.63, 3.8) is 0 Å². The molecule has 2 aromatic rings. The fourth-order valence-corrected chi connectivity index (χ4v) is 3.61. The van der Waals surface area contributed by atoms with E-state index in [1.807, 2.05) is 36.0 Å². The van der Waals surface area contributed by atoms with E-state index in [9.17, 15) is 4.79 Å². The normalized spacial score (nSPS) is 16.4. The number of fused-ring (bicyclic) bond motifs is 1. The molecule has 1 unspecified atom stereocenters. The van der Waals surface area contributed by atoms with Crippen LogP contribution >= 0.6 is 11.8 Å². The Bertz CT molecular complexity index is 652. The molecule has 1 amide bonds. The van der Waals surface area contributed by atoms with Gasteiger partial charge in [0.2, 0.25) is 0 Å². The number of nitrogens with zero attached hydrogens (tertiary/aromatic N) is 1. The number of carbonyl (C=O) groups excluding carboxylic acids is 1. The monoisotopic (exact) mass is 298 g/mol. The van der Waals surface area contributed by atoms with Gasteiger partial charge in [-0.3, -0.25) is 4.79 Å². The van der Waals surface area contributed by atoms with Gasteiger partial charge in [0.15, 0.2) is 0 Å². The summed E-state index contributed by atoms with van der Waals surface area (Å²) in [4.78, 5) is 14.8. The van der Waals surface area contributed by atoms with E-state index in [4.69, 9.17) is 0 Å². The summed E-state index contributed by atoms with van der Waals surface area (Å²) in [5, 5.41) is 3.55. The average Bonchev–Trinajstić information content (AvgIpc) is 2.91. The molecular weight excluding hydrogens is 280 g/mol. The first kappa shape index (κ1) is 14.0. The smallest absolute Gasteiger partial charge is 0.253 e. The average molecular weight is 298 g/mol. The maximum atomic E-state index is 11.9. The second-order valence-electron chi connectivity index (χ2n) is 5.32. The zero-order chi connectivity index (χ0) is 14.8. The zero-order valence-electron chi connectivity index (χ0n) is 12.2. The van der Waals surface area contributed by atoms with Crippen LogP contribution in [0, 0.1) is 0 Å². The van der Waals surface area contributed by atoms with E-state index in [2.05, 4.69) is 29.6 Å². The second-order valence-corrected chi connectivity index (χ2v) is 6.38. The third kappa shape index (κ3) is 2.90. The lowest BCUT2D eigenvalue weighted by atomic mass is 10.1. The number of carbonyl (C=O) groups is 1. The molecule has 0 bridgehead atoms. The summed E-state index contributed by atoms with van der Waals surface area (Å²) in [7, 11) is 3.53. The van der Waals surface area contributed by atoms with Crippen LogP contribution in [0.5, 0.6) is 0 Å².